The molecule has 0 aromatic carbocycles. The summed E-state index contributed by atoms with van der Waals surface area (Å²) >= 11 is 0. The van der Waals surface area contributed by atoms with Crippen LogP contribution in [0.4, 0.5) is 0 Å². The van der Waals surface area contributed by atoms with Gasteiger partial charge in [-0.1, -0.05) is 20.8 Å². The summed E-state index contributed by atoms with van der Waals surface area (Å²) in [5, 5.41) is 0. The fourth-order valence-corrected chi connectivity index (χ4v) is 1.35. The van der Waals surface area contributed by atoms with Crippen LogP contribution < -0.4 is 5.73 Å². The van der Waals surface area contributed by atoms with Crippen LogP contribution in [0.2, 0.25) is 0 Å². The third kappa shape index (κ3) is 1.22. The largest absolute Gasteiger partial charge is 0.325 e. The van der Waals surface area contributed by atoms with E-state index in [4.69, 9.17) is 5.73 Å². The maximum atomic E-state index is 5.92. The van der Waals surface area contributed by atoms with E-state index in [1.165, 1.54) is 6.42 Å². The molecule has 1 saturated carbocycles. The van der Waals surface area contributed by atoms with Crippen molar-refractivity contribution in [3.8, 4) is 0 Å². The van der Waals surface area contributed by atoms with Crippen molar-refractivity contribution in [2.45, 2.75) is 39.2 Å². The molecule has 1 nitrogen and oxygen atoms in total. The van der Waals surface area contributed by atoms with Crippen molar-refractivity contribution in [1.29, 1.82) is 0 Å². The Bertz CT molecular complexity index is 111. The molecule has 0 aromatic rings. The fourth-order valence-electron chi connectivity index (χ4n) is 1.35. The molecule has 1 fully saturated rings. The zero-order chi connectivity index (χ0) is 6.41. The molecule has 0 bridgehead atoms. The number of halogens is 1. The molecule has 1 aliphatic rings. The zero-order valence-corrected chi connectivity index (χ0v) is 7.22. The first-order valence-electron chi connectivity index (χ1n) is 3.31. The standard InChI is InChI=1S/C7H15N.ClH/c1-4-7(8)5-6(7,2)3;/h4-5,8H2,1-3H3;1H/t7-;/m1./s1. The second-order valence-electron chi connectivity index (χ2n) is 3.57. The van der Waals surface area contributed by atoms with Gasteiger partial charge in [-0.15, -0.1) is 12.4 Å². The minimum absolute atomic E-state index is 0. The maximum absolute atomic E-state index is 5.92. The van der Waals surface area contributed by atoms with E-state index in [9.17, 15) is 0 Å². The summed E-state index contributed by atoms with van der Waals surface area (Å²) in [6.45, 7) is 6.63. The van der Waals surface area contributed by atoms with E-state index in [1.807, 2.05) is 0 Å². The average Bonchev–Trinajstić information content (AvgIpc) is 2.10. The van der Waals surface area contributed by atoms with E-state index in [1.54, 1.807) is 0 Å². The lowest BCUT2D eigenvalue weighted by molar-refractivity contribution is 0.480. The van der Waals surface area contributed by atoms with Crippen molar-refractivity contribution in [2.75, 3.05) is 0 Å². The van der Waals surface area contributed by atoms with Gasteiger partial charge in [-0.3, -0.25) is 0 Å². The lowest BCUT2D eigenvalue weighted by Gasteiger charge is -2.10. The van der Waals surface area contributed by atoms with Crippen LogP contribution in [-0.2, 0) is 0 Å². The van der Waals surface area contributed by atoms with Crippen LogP contribution in [0.5, 0.6) is 0 Å². The van der Waals surface area contributed by atoms with Crippen LogP contribution in [-0.4, -0.2) is 5.54 Å². The third-order valence-electron chi connectivity index (χ3n) is 2.61. The molecule has 1 atom stereocenters. The summed E-state index contributed by atoms with van der Waals surface area (Å²) in [6.07, 6.45) is 2.33. The molecule has 1 rings (SSSR count). The predicted molar refractivity (Wildman–Crippen MR) is 42.9 cm³/mol. The molecule has 2 heteroatoms. The molecule has 0 spiro atoms. The number of nitrogens with two attached hydrogens (primary N) is 1. The van der Waals surface area contributed by atoms with Gasteiger partial charge in [-0.05, 0) is 18.3 Å². The summed E-state index contributed by atoms with van der Waals surface area (Å²) in [7, 11) is 0. The highest BCUT2D eigenvalue weighted by Gasteiger charge is 2.56. The third-order valence-corrected chi connectivity index (χ3v) is 2.61. The van der Waals surface area contributed by atoms with Gasteiger partial charge in [0.1, 0.15) is 0 Å². The van der Waals surface area contributed by atoms with Crippen LogP contribution in [0, 0.1) is 5.41 Å². The van der Waals surface area contributed by atoms with Crippen LogP contribution in [0.15, 0.2) is 0 Å². The van der Waals surface area contributed by atoms with Gasteiger partial charge in [0.2, 0.25) is 0 Å². The monoisotopic (exact) mass is 149 g/mol. The van der Waals surface area contributed by atoms with Gasteiger partial charge in [0.25, 0.3) is 0 Å². The normalized spacial score (nSPS) is 37.3. The molecule has 0 saturated heterocycles. The van der Waals surface area contributed by atoms with E-state index < -0.39 is 0 Å². The summed E-state index contributed by atoms with van der Waals surface area (Å²) in [5.74, 6) is 0. The van der Waals surface area contributed by atoms with E-state index in [0.717, 1.165) is 6.42 Å². The lowest BCUT2D eigenvalue weighted by atomic mass is 10.0. The Morgan fingerprint density at radius 3 is 1.78 bits per heavy atom. The van der Waals surface area contributed by atoms with Gasteiger partial charge < -0.3 is 5.73 Å². The maximum Gasteiger partial charge on any atom is 0.0209 e. The second kappa shape index (κ2) is 2.14. The molecule has 0 aliphatic heterocycles. The van der Waals surface area contributed by atoms with Gasteiger partial charge in [-0.25, -0.2) is 0 Å². The molecule has 0 aromatic heterocycles. The van der Waals surface area contributed by atoms with Gasteiger partial charge in [-0.2, -0.15) is 0 Å². The smallest absolute Gasteiger partial charge is 0.0209 e. The quantitative estimate of drug-likeness (QED) is 0.606. The van der Waals surface area contributed by atoms with Crippen molar-refractivity contribution in [1.82, 2.24) is 0 Å². The van der Waals surface area contributed by atoms with Gasteiger partial charge in [0.15, 0.2) is 0 Å². The van der Waals surface area contributed by atoms with Crippen LogP contribution in [0.3, 0.4) is 0 Å². The molecular weight excluding hydrogens is 134 g/mol. The van der Waals surface area contributed by atoms with Crippen LogP contribution >= 0.6 is 12.4 Å². The highest BCUT2D eigenvalue weighted by molar-refractivity contribution is 5.85. The average molecular weight is 150 g/mol. The first-order chi connectivity index (χ1) is 3.52. The molecule has 0 radical (unpaired) electrons. The van der Waals surface area contributed by atoms with Gasteiger partial charge >= 0.3 is 0 Å². The zero-order valence-electron chi connectivity index (χ0n) is 6.40. The second-order valence-corrected chi connectivity index (χ2v) is 3.57. The van der Waals surface area contributed by atoms with Crippen molar-refractivity contribution in [2.24, 2.45) is 11.1 Å². The Balaban J connectivity index is 0.000000640. The molecule has 1 aliphatic carbocycles. The molecule has 0 unspecified atom stereocenters. The first kappa shape index (κ1) is 9.25. The number of hydrogen-bond donors (Lipinski definition) is 1. The van der Waals surface area contributed by atoms with Crippen molar-refractivity contribution >= 4 is 12.4 Å². The molecule has 2 N–H and O–H groups in total. The van der Waals surface area contributed by atoms with Gasteiger partial charge in [0.05, 0.1) is 0 Å². The van der Waals surface area contributed by atoms with E-state index in [2.05, 4.69) is 20.8 Å². The van der Waals surface area contributed by atoms with Crippen molar-refractivity contribution in [3.05, 3.63) is 0 Å². The first-order valence-corrected chi connectivity index (χ1v) is 3.31. The van der Waals surface area contributed by atoms with Crippen molar-refractivity contribution in [3.63, 3.8) is 0 Å². The molecule has 56 valence electrons. The Hall–Kier alpha value is 0.250. The van der Waals surface area contributed by atoms with Gasteiger partial charge in [0, 0.05) is 5.54 Å². The fraction of sp³-hybridized carbons (Fsp3) is 1.00. The van der Waals surface area contributed by atoms with Crippen LogP contribution in [0.1, 0.15) is 33.6 Å². The molecule has 9 heavy (non-hydrogen) atoms. The van der Waals surface area contributed by atoms with Crippen molar-refractivity contribution < 1.29 is 0 Å². The summed E-state index contributed by atoms with van der Waals surface area (Å²) in [4.78, 5) is 0. The highest BCUT2D eigenvalue weighted by Crippen LogP contribution is 2.55. The Morgan fingerprint density at radius 1 is 1.44 bits per heavy atom. The Kier molecular flexibility index (Phi) is 2.19. The van der Waals surface area contributed by atoms with E-state index >= 15 is 0 Å². The summed E-state index contributed by atoms with van der Waals surface area (Å²) < 4.78 is 0. The topological polar surface area (TPSA) is 26.0 Å². The molecule has 0 heterocycles. The predicted octanol–water partition coefficient (Wildman–Crippen LogP) is 1.95. The lowest BCUT2D eigenvalue weighted by Crippen LogP contribution is -2.26. The highest BCUT2D eigenvalue weighted by atomic mass is 35.5. The summed E-state index contributed by atoms with van der Waals surface area (Å²) in [6, 6.07) is 0. The van der Waals surface area contributed by atoms with E-state index in [-0.39, 0.29) is 17.9 Å². The summed E-state index contributed by atoms with van der Waals surface area (Å²) in [5.41, 5.74) is 6.54. The minimum atomic E-state index is 0. The molecular formula is C7H16ClN. The number of hydrogen-bond acceptors (Lipinski definition) is 1. The number of rotatable bonds is 1. The molecule has 0 amide bonds. The van der Waals surface area contributed by atoms with E-state index in [0.29, 0.717) is 5.41 Å². The SMILES string of the molecule is CC[C@@]1(N)CC1(C)C.Cl. The Morgan fingerprint density at radius 2 is 1.78 bits per heavy atom. The Labute approximate surface area is 63.4 Å². The minimum Gasteiger partial charge on any atom is -0.325 e. The van der Waals surface area contributed by atoms with Crippen LogP contribution in [0.25, 0.3) is 0 Å².